The third-order valence-electron chi connectivity index (χ3n) is 4.07. The van der Waals surface area contributed by atoms with E-state index in [1.807, 2.05) is 23.4 Å². The summed E-state index contributed by atoms with van der Waals surface area (Å²) >= 11 is 1.88. The zero-order valence-electron chi connectivity index (χ0n) is 11.8. The number of rotatable bonds is 4. The number of aryl methyl sites for hydroxylation is 1. The Morgan fingerprint density at radius 3 is 2.78 bits per heavy atom. The topological polar surface area (TPSA) is 42.7 Å². The zero-order chi connectivity index (χ0) is 13.1. The molecule has 1 aliphatic carbocycles. The average molecular weight is 268 g/mol. The first-order chi connectivity index (χ1) is 8.61. The van der Waals surface area contributed by atoms with Crippen LogP contribution in [0.4, 0.5) is 0 Å². The fraction of sp³-hybridized carbons (Fsp3) is 0.846. The molecule has 1 N–H and O–H groups in total. The van der Waals surface area contributed by atoms with Gasteiger partial charge in [0.15, 0.2) is 5.16 Å². The van der Waals surface area contributed by atoms with Crippen LogP contribution in [-0.4, -0.2) is 33.1 Å². The number of hydrogen-bond donors (Lipinski definition) is 1. The van der Waals surface area contributed by atoms with Crippen LogP contribution in [0.3, 0.4) is 0 Å². The predicted molar refractivity (Wildman–Crippen MR) is 75.7 cm³/mol. The van der Waals surface area contributed by atoms with Crippen molar-refractivity contribution in [3.05, 3.63) is 6.33 Å². The van der Waals surface area contributed by atoms with Crippen molar-refractivity contribution < 1.29 is 0 Å². The van der Waals surface area contributed by atoms with Crippen LogP contribution in [0, 0.1) is 11.8 Å². The molecule has 0 spiro atoms. The summed E-state index contributed by atoms with van der Waals surface area (Å²) in [6.07, 6.45) is 5.67. The molecule has 4 nitrogen and oxygen atoms in total. The fourth-order valence-electron chi connectivity index (χ4n) is 2.74. The van der Waals surface area contributed by atoms with Crippen LogP contribution in [0.2, 0.25) is 0 Å². The molecule has 3 unspecified atom stereocenters. The highest BCUT2D eigenvalue weighted by molar-refractivity contribution is 7.99. The summed E-state index contributed by atoms with van der Waals surface area (Å²) in [6, 6.07) is 0.599. The van der Waals surface area contributed by atoms with Crippen molar-refractivity contribution in [1.29, 1.82) is 0 Å². The molecule has 1 aromatic rings. The molecular weight excluding hydrogens is 244 g/mol. The van der Waals surface area contributed by atoms with Gasteiger partial charge in [0.25, 0.3) is 0 Å². The van der Waals surface area contributed by atoms with Crippen LogP contribution >= 0.6 is 11.8 Å². The van der Waals surface area contributed by atoms with Crippen molar-refractivity contribution in [3.8, 4) is 0 Å². The summed E-state index contributed by atoms with van der Waals surface area (Å²) < 4.78 is 2.01. The van der Waals surface area contributed by atoms with Crippen LogP contribution < -0.4 is 5.32 Å². The standard InChI is InChI=1S/C13H24N4S/c1-9(2)10-5-6-11(14-3)12(7-10)18-13-16-15-8-17(13)4/h8-12,14H,5-7H2,1-4H3. The highest BCUT2D eigenvalue weighted by atomic mass is 32.2. The lowest BCUT2D eigenvalue weighted by Crippen LogP contribution is -2.41. The van der Waals surface area contributed by atoms with Crippen molar-refractivity contribution in [2.75, 3.05) is 7.05 Å². The third kappa shape index (κ3) is 3.06. The van der Waals surface area contributed by atoms with Crippen LogP contribution in [0.5, 0.6) is 0 Å². The number of nitrogens with one attached hydrogen (secondary N) is 1. The second-order valence-electron chi connectivity index (χ2n) is 5.59. The van der Waals surface area contributed by atoms with E-state index in [0.717, 1.165) is 17.0 Å². The van der Waals surface area contributed by atoms with E-state index in [4.69, 9.17) is 0 Å². The van der Waals surface area contributed by atoms with Crippen molar-refractivity contribution in [3.63, 3.8) is 0 Å². The molecule has 1 fully saturated rings. The summed E-state index contributed by atoms with van der Waals surface area (Å²) in [5.41, 5.74) is 0. The molecule has 0 aromatic carbocycles. The Labute approximate surface area is 114 Å². The molecule has 0 aliphatic heterocycles. The summed E-state index contributed by atoms with van der Waals surface area (Å²) in [7, 11) is 4.09. The maximum absolute atomic E-state index is 4.20. The van der Waals surface area contributed by atoms with Gasteiger partial charge >= 0.3 is 0 Å². The Balaban J connectivity index is 2.04. The van der Waals surface area contributed by atoms with Gasteiger partial charge in [-0.1, -0.05) is 25.6 Å². The molecule has 5 heteroatoms. The van der Waals surface area contributed by atoms with Crippen molar-refractivity contribution in [2.24, 2.45) is 18.9 Å². The number of aromatic nitrogens is 3. The van der Waals surface area contributed by atoms with Crippen LogP contribution in [0.15, 0.2) is 11.5 Å². The molecule has 2 rings (SSSR count). The quantitative estimate of drug-likeness (QED) is 0.910. The molecule has 102 valence electrons. The molecule has 1 saturated carbocycles. The first-order valence-corrected chi connectivity index (χ1v) is 7.67. The van der Waals surface area contributed by atoms with Gasteiger partial charge < -0.3 is 9.88 Å². The van der Waals surface area contributed by atoms with Crippen LogP contribution in [0.1, 0.15) is 33.1 Å². The smallest absolute Gasteiger partial charge is 0.191 e. The Hall–Kier alpha value is -0.550. The lowest BCUT2D eigenvalue weighted by molar-refractivity contribution is 0.251. The van der Waals surface area contributed by atoms with Gasteiger partial charge in [-0.25, -0.2) is 0 Å². The minimum Gasteiger partial charge on any atom is -0.316 e. The molecule has 1 aromatic heterocycles. The maximum atomic E-state index is 4.20. The number of thioether (sulfide) groups is 1. The number of nitrogens with zero attached hydrogens (tertiary/aromatic N) is 3. The Morgan fingerprint density at radius 1 is 1.44 bits per heavy atom. The Bertz CT molecular complexity index is 377. The van der Waals surface area contributed by atoms with E-state index in [-0.39, 0.29) is 0 Å². The minimum atomic E-state index is 0.599. The van der Waals surface area contributed by atoms with E-state index in [0.29, 0.717) is 11.3 Å². The molecule has 0 bridgehead atoms. The molecule has 0 saturated heterocycles. The molecule has 1 aliphatic rings. The van der Waals surface area contributed by atoms with E-state index in [9.17, 15) is 0 Å². The monoisotopic (exact) mass is 268 g/mol. The van der Waals surface area contributed by atoms with E-state index in [1.54, 1.807) is 6.33 Å². The van der Waals surface area contributed by atoms with Gasteiger partial charge in [-0.05, 0) is 38.1 Å². The lowest BCUT2D eigenvalue weighted by atomic mass is 9.79. The lowest BCUT2D eigenvalue weighted by Gasteiger charge is -2.37. The van der Waals surface area contributed by atoms with E-state index in [2.05, 4.69) is 36.4 Å². The second kappa shape index (κ2) is 6.06. The number of hydrogen-bond acceptors (Lipinski definition) is 4. The summed E-state index contributed by atoms with van der Waals surface area (Å²) in [6.45, 7) is 4.68. The highest BCUT2D eigenvalue weighted by Crippen LogP contribution is 2.38. The molecule has 0 radical (unpaired) electrons. The van der Waals surface area contributed by atoms with Crippen molar-refractivity contribution in [2.45, 2.75) is 49.6 Å². The normalized spacial score (nSPS) is 28.8. The first kappa shape index (κ1) is 13.9. The van der Waals surface area contributed by atoms with Gasteiger partial charge in [-0.2, -0.15) is 0 Å². The largest absolute Gasteiger partial charge is 0.316 e. The Morgan fingerprint density at radius 2 is 2.22 bits per heavy atom. The second-order valence-corrected chi connectivity index (χ2v) is 6.80. The summed E-state index contributed by atoms with van der Waals surface area (Å²) in [5, 5.41) is 13.3. The summed E-state index contributed by atoms with van der Waals surface area (Å²) in [5.74, 6) is 1.63. The molecule has 0 amide bonds. The zero-order valence-corrected chi connectivity index (χ0v) is 12.6. The van der Waals surface area contributed by atoms with Crippen LogP contribution in [0.25, 0.3) is 0 Å². The maximum Gasteiger partial charge on any atom is 0.191 e. The minimum absolute atomic E-state index is 0.599. The molecule has 18 heavy (non-hydrogen) atoms. The Kier molecular flexibility index (Phi) is 4.67. The fourth-order valence-corrected chi connectivity index (χ4v) is 4.10. The van der Waals surface area contributed by atoms with Crippen LogP contribution in [-0.2, 0) is 7.05 Å². The van der Waals surface area contributed by atoms with Gasteiger partial charge in [0.1, 0.15) is 6.33 Å². The average Bonchev–Trinajstić information content (AvgIpc) is 2.75. The first-order valence-electron chi connectivity index (χ1n) is 6.79. The third-order valence-corrected chi connectivity index (χ3v) is 5.48. The van der Waals surface area contributed by atoms with Crippen molar-refractivity contribution >= 4 is 11.8 Å². The van der Waals surface area contributed by atoms with E-state index < -0.39 is 0 Å². The predicted octanol–water partition coefficient (Wildman–Crippen LogP) is 2.32. The molecule has 3 atom stereocenters. The van der Waals surface area contributed by atoms with E-state index in [1.165, 1.54) is 19.3 Å². The summed E-state index contributed by atoms with van der Waals surface area (Å²) in [4.78, 5) is 0. The molecule has 1 heterocycles. The van der Waals surface area contributed by atoms with Gasteiger partial charge in [-0.3, -0.25) is 0 Å². The van der Waals surface area contributed by atoms with Gasteiger partial charge in [0.2, 0.25) is 0 Å². The highest BCUT2D eigenvalue weighted by Gasteiger charge is 2.32. The van der Waals surface area contributed by atoms with Gasteiger partial charge in [0, 0.05) is 18.3 Å². The van der Waals surface area contributed by atoms with Gasteiger partial charge in [0.05, 0.1) is 0 Å². The van der Waals surface area contributed by atoms with Crippen molar-refractivity contribution in [1.82, 2.24) is 20.1 Å². The molecular formula is C13H24N4S. The SMILES string of the molecule is CNC1CCC(C(C)C)CC1Sc1nncn1C. The van der Waals surface area contributed by atoms with E-state index >= 15 is 0 Å². The van der Waals surface area contributed by atoms with Gasteiger partial charge in [-0.15, -0.1) is 10.2 Å².